The summed E-state index contributed by atoms with van der Waals surface area (Å²) in [5.41, 5.74) is 1.76. The number of amides is 1. The summed E-state index contributed by atoms with van der Waals surface area (Å²) >= 11 is 3.47. The van der Waals surface area contributed by atoms with Crippen molar-refractivity contribution in [1.29, 1.82) is 0 Å². The van der Waals surface area contributed by atoms with Gasteiger partial charge in [-0.1, -0.05) is 5.16 Å². The lowest BCUT2D eigenvalue weighted by atomic mass is 10.2. The number of carbonyl (C=O) groups is 1. The minimum absolute atomic E-state index is 0.136. The SMILES string of the molecule is Cc1oncc1C(=O)NCCc1ccc(-c2ccsc2)s1. The highest BCUT2D eigenvalue weighted by atomic mass is 32.1. The van der Waals surface area contributed by atoms with Gasteiger partial charge in [-0.15, -0.1) is 11.3 Å². The van der Waals surface area contributed by atoms with Crippen LogP contribution in [0.2, 0.25) is 0 Å². The zero-order valence-electron chi connectivity index (χ0n) is 11.5. The van der Waals surface area contributed by atoms with Crippen LogP contribution in [0, 0.1) is 6.92 Å². The van der Waals surface area contributed by atoms with Gasteiger partial charge < -0.3 is 9.84 Å². The van der Waals surface area contributed by atoms with Gasteiger partial charge in [0.2, 0.25) is 0 Å². The lowest BCUT2D eigenvalue weighted by molar-refractivity contribution is 0.0952. The maximum Gasteiger partial charge on any atom is 0.256 e. The average Bonchev–Trinajstić information content (AvgIpc) is 3.19. The van der Waals surface area contributed by atoms with E-state index in [0.29, 0.717) is 17.9 Å². The standard InChI is InChI=1S/C15H14N2O2S2/c1-10-13(8-17-19-10)15(18)16-6-4-12-2-3-14(21-12)11-5-7-20-9-11/h2-3,5,7-9H,4,6H2,1H3,(H,16,18). The molecule has 0 fully saturated rings. The molecule has 21 heavy (non-hydrogen) atoms. The molecule has 0 aliphatic rings. The van der Waals surface area contributed by atoms with E-state index in [9.17, 15) is 4.79 Å². The van der Waals surface area contributed by atoms with Gasteiger partial charge in [0.1, 0.15) is 11.3 Å². The highest BCUT2D eigenvalue weighted by molar-refractivity contribution is 7.16. The fourth-order valence-electron chi connectivity index (χ4n) is 1.98. The second-order valence-corrected chi connectivity index (χ2v) is 6.53. The number of aromatic nitrogens is 1. The van der Waals surface area contributed by atoms with Gasteiger partial charge in [-0.25, -0.2) is 0 Å². The molecule has 0 saturated heterocycles. The summed E-state index contributed by atoms with van der Waals surface area (Å²) in [4.78, 5) is 14.4. The van der Waals surface area contributed by atoms with E-state index < -0.39 is 0 Å². The predicted octanol–water partition coefficient (Wildman–Crippen LogP) is 3.75. The molecule has 0 unspecified atom stereocenters. The van der Waals surface area contributed by atoms with Crippen molar-refractivity contribution in [1.82, 2.24) is 10.5 Å². The molecule has 0 atom stereocenters. The Hall–Kier alpha value is -1.92. The molecule has 4 nitrogen and oxygen atoms in total. The van der Waals surface area contributed by atoms with Crippen molar-refractivity contribution in [3.05, 3.63) is 51.4 Å². The van der Waals surface area contributed by atoms with Crippen molar-refractivity contribution in [3.8, 4) is 10.4 Å². The molecule has 108 valence electrons. The molecule has 0 bridgehead atoms. The molecule has 0 aliphatic heterocycles. The summed E-state index contributed by atoms with van der Waals surface area (Å²) in [6, 6.07) is 6.37. The van der Waals surface area contributed by atoms with Gasteiger partial charge in [-0.2, -0.15) is 11.3 Å². The van der Waals surface area contributed by atoms with Gasteiger partial charge in [-0.05, 0) is 42.3 Å². The summed E-state index contributed by atoms with van der Waals surface area (Å²) in [6.45, 7) is 2.33. The number of thiophene rings is 2. The average molecular weight is 318 g/mol. The first kappa shape index (κ1) is 14.0. The van der Waals surface area contributed by atoms with E-state index >= 15 is 0 Å². The number of aryl methyl sites for hydroxylation is 1. The molecule has 0 aliphatic carbocycles. The van der Waals surface area contributed by atoms with E-state index in [1.54, 1.807) is 29.6 Å². The fourth-order valence-corrected chi connectivity index (χ4v) is 3.72. The zero-order valence-corrected chi connectivity index (χ0v) is 13.1. The lowest BCUT2D eigenvalue weighted by Gasteiger charge is -2.02. The van der Waals surface area contributed by atoms with E-state index in [1.165, 1.54) is 21.5 Å². The Labute approximate surface area is 130 Å². The number of hydrogen-bond acceptors (Lipinski definition) is 5. The second-order valence-electron chi connectivity index (χ2n) is 4.58. The van der Waals surface area contributed by atoms with Crippen LogP contribution in [-0.4, -0.2) is 17.6 Å². The van der Waals surface area contributed by atoms with E-state index in [1.807, 2.05) is 0 Å². The van der Waals surface area contributed by atoms with Crippen LogP contribution in [0.1, 0.15) is 21.0 Å². The van der Waals surface area contributed by atoms with E-state index in [0.717, 1.165) is 6.42 Å². The van der Waals surface area contributed by atoms with E-state index in [2.05, 4.69) is 39.4 Å². The van der Waals surface area contributed by atoms with Crippen molar-refractivity contribution in [3.63, 3.8) is 0 Å². The van der Waals surface area contributed by atoms with Gasteiger partial charge in [0.05, 0.1) is 6.20 Å². The third kappa shape index (κ3) is 3.22. The Morgan fingerprint density at radius 2 is 2.29 bits per heavy atom. The molecule has 0 aromatic carbocycles. The number of rotatable bonds is 5. The van der Waals surface area contributed by atoms with Crippen LogP contribution in [-0.2, 0) is 6.42 Å². The normalized spacial score (nSPS) is 10.7. The van der Waals surface area contributed by atoms with Crippen molar-refractivity contribution in [2.45, 2.75) is 13.3 Å². The van der Waals surface area contributed by atoms with Crippen molar-refractivity contribution < 1.29 is 9.32 Å². The second kappa shape index (κ2) is 6.24. The molecule has 3 rings (SSSR count). The van der Waals surface area contributed by atoms with Gasteiger partial charge >= 0.3 is 0 Å². The Bertz CT molecular complexity index is 729. The molecule has 6 heteroatoms. The molecule has 3 aromatic heterocycles. The van der Waals surface area contributed by atoms with E-state index in [-0.39, 0.29) is 5.91 Å². The van der Waals surface area contributed by atoms with Crippen molar-refractivity contribution in [2.24, 2.45) is 0 Å². The Balaban J connectivity index is 1.54. The molecular weight excluding hydrogens is 304 g/mol. The minimum atomic E-state index is -0.136. The Morgan fingerprint density at radius 3 is 3.00 bits per heavy atom. The Morgan fingerprint density at radius 1 is 1.38 bits per heavy atom. The molecule has 0 spiro atoms. The number of nitrogens with one attached hydrogen (secondary N) is 1. The third-order valence-corrected chi connectivity index (χ3v) is 5.00. The van der Waals surface area contributed by atoms with Crippen LogP contribution >= 0.6 is 22.7 Å². The first-order chi connectivity index (χ1) is 10.2. The topological polar surface area (TPSA) is 55.1 Å². The number of carbonyl (C=O) groups excluding carboxylic acids is 1. The molecule has 0 radical (unpaired) electrons. The van der Waals surface area contributed by atoms with Crippen molar-refractivity contribution >= 4 is 28.6 Å². The summed E-state index contributed by atoms with van der Waals surface area (Å²) in [5, 5.41) is 10.7. The summed E-state index contributed by atoms with van der Waals surface area (Å²) in [6.07, 6.45) is 2.27. The van der Waals surface area contributed by atoms with Crippen LogP contribution in [0.15, 0.2) is 39.7 Å². The summed E-state index contributed by atoms with van der Waals surface area (Å²) < 4.78 is 4.89. The number of hydrogen-bond donors (Lipinski definition) is 1. The fraction of sp³-hybridized carbons (Fsp3) is 0.200. The van der Waals surface area contributed by atoms with Crippen LogP contribution in [0.25, 0.3) is 10.4 Å². The van der Waals surface area contributed by atoms with Crippen LogP contribution in [0.4, 0.5) is 0 Å². The van der Waals surface area contributed by atoms with Crippen LogP contribution in [0.3, 0.4) is 0 Å². The first-order valence-electron chi connectivity index (χ1n) is 6.55. The Kier molecular flexibility index (Phi) is 4.17. The molecule has 1 amide bonds. The molecule has 1 N–H and O–H groups in total. The number of nitrogens with zero attached hydrogens (tertiary/aromatic N) is 1. The van der Waals surface area contributed by atoms with Gasteiger partial charge in [0, 0.05) is 21.9 Å². The highest BCUT2D eigenvalue weighted by Crippen LogP contribution is 2.29. The first-order valence-corrected chi connectivity index (χ1v) is 8.31. The molecule has 3 heterocycles. The summed E-state index contributed by atoms with van der Waals surface area (Å²) in [5.74, 6) is 0.409. The van der Waals surface area contributed by atoms with Crippen LogP contribution in [0.5, 0.6) is 0 Å². The zero-order chi connectivity index (χ0) is 14.7. The quantitative estimate of drug-likeness (QED) is 0.779. The largest absolute Gasteiger partial charge is 0.361 e. The van der Waals surface area contributed by atoms with Gasteiger partial charge in [-0.3, -0.25) is 4.79 Å². The molecular formula is C15H14N2O2S2. The van der Waals surface area contributed by atoms with Crippen molar-refractivity contribution in [2.75, 3.05) is 6.54 Å². The predicted molar refractivity (Wildman–Crippen MR) is 84.9 cm³/mol. The summed E-state index contributed by atoms with van der Waals surface area (Å²) in [7, 11) is 0. The maximum absolute atomic E-state index is 11.9. The molecule has 0 saturated carbocycles. The minimum Gasteiger partial charge on any atom is -0.361 e. The monoisotopic (exact) mass is 318 g/mol. The van der Waals surface area contributed by atoms with Gasteiger partial charge in [0.25, 0.3) is 5.91 Å². The lowest BCUT2D eigenvalue weighted by Crippen LogP contribution is -2.25. The molecule has 3 aromatic rings. The highest BCUT2D eigenvalue weighted by Gasteiger charge is 2.12. The third-order valence-electron chi connectivity index (χ3n) is 3.12. The smallest absolute Gasteiger partial charge is 0.256 e. The maximum atomic E-state index is 11.9. The van der Waals surface area contributed by atoms with Gasteiger partial charge in [0.15, 0.2) is 0 Å². The van der Waals surface area contributed by atoms with Crippen LogP contribution < -0.4 is 5.32 Å². The van der Waals surface area contributed by atoms with E-state index in [4.69, 9.17) is 4.52 Å².